The lowest BCUT2D eigenvalue weighted by molar-refractivity contribution is -0.131. The third-order valence-corrected chi connectivity index (χ3v) is 2.89. The maximum absolute atomic E-state index is 10.6. The van der Waals surface area contributed by atoms with E-state index in [2.05, 4.69) is 6.58 Å². The Bertz CT molecular complexity index is 668. The van der Waals surface area contributed by atoms with E-state index in [9.17, 15) is 4.79 Å². The second-order valence-electron chi connectivity index (χ2n) is 4.10. The minimum Gasteiger partial charge on any atom is -0.497 e. The quantitative estimate of drug-likeness (QED) is 0.847. The molecule has 0 bridgehead atoms. The fraction of sp³-hybridized carbons (Fsp3) is 0.0625. The van der Waals surface area contributed by atoms with E-state index in [0.29, 0.717) is 0 Å². The molecule has 1 aromatic carbocycles. The summed E-state index contributed by atoms with van der Waals surface area (Å²) in [5.74, 6) is -0.216. The van der Waals surface area contributed by atoms with Crippen LogP contribution in [0.1, 0.15) is 5.69 Å². The van der Waals surface area contributed by atoms with E-state index in [1.165, 1.54) is 6.08 Å². The lowest BCUT2D eigenvalue weighted by Gasteiger charge is -2.08. The molecule has 0 spiro atoms. The number of hydrogen-bond acceptors (Lipinski definition) is 2. The zero-order valence-electron chi connectivity index (χ0n) is 11.1. The van der Waals surface area contributed by atoms with Crippen molar-refractivity contribution in [1.82, 2.24) is 4.57 Å². The first-order valence-corrected chi connectivity index (χ1v) is 6.05. The molecule has 0 radical (unpaired) electrons. The second kappa shape index (κ2) is 5.93. The minimum absolute atomic E-state index is 0.750. The highest BCUT2D eigenvalue weighted by Gasteiger charge is 2.07. The van der Waals surface area contributed by atoms with Crippen molar-refractivity contribution < 1.29 is 14.6 Å². The zero-order chi connectivity index (χ0) is 14.5. The SMILES string of the molecule is C=Cn1c(/C=C/C(=O)O)ccc1-c1cccc(OC)c1. The number of carbonyl (C=O) groups is 1. The first kappa shape index (κ1) is 13.7. The van der Waals surface area contributed by atoms with Gasteiger partial charge in [0.1, 0.15) is 5.75 Å². The normalized spacial score (nSPS) is 10.7. The van der Waals surface area contributed by atoms with Gasteiger partial charge in [-0.05, 0) is 30.3 Å². The summed E-state index contributed by atoms with van der Waals surface area (Å²) in [6, 6.07) is 11.4. The van der Waals surface area contributed by atoms with Crippen LogP contribution in [0.2, 0.25) is 0 Å². The monoisotopic (exact) mass is 269 g/mol. The van der Waals surface area contributed by atoms with Crippen molar-refractivity contribution in [2.45, 2.75) is 0 Å². The van der Waals surface area contributed by atoms with E-state index < -0.39 is 5.97 Å². The number of rotatable bonds is 5. The summed E-state index contributed by atoms with van der Waals surface area (Å²) in [6.07, 6.45) is 4.29. The summed E-state index contributed by atoms with van der Waals surface area (Å²) < 4.78 is 7.04. The molecule has 1 aromatic heterocycles. The van der Waals surface area contributed by atoms with Gasteiger partial charge >= 0.3 is 5.97 Å². The molecule has 20 heavy (non-hydrogen) atoms. The Morgan fingerprint density at radius 3 is 2.80 bits per heavy atom. The van der Waals surface area contributed by atoms with Crippen LogP contribution in [0.15, 0.2) is 49.1 Å². The van der Waals surface area contributed by atoms with Crippen LogP contribution < -0.4 is 4.74 Å². The molecule has 0 aliphatic heterocycles. The topological polar surface area (TPSA) is 51.5 Å². The molecule has 0 saturated heterocycles. The Kier molecular flexibility index (Phi) is 4.05. The van der Waals surface area contributed by atoms with Crippen LogP contribution in [0.3, 0.4) is 0 Å². The smallest absolute Gasteiger partial charge is 0.328 e. The molecule has 0 aliphatic rings. The van der Waals surface area contributed by atoms with Crippen LogP contribution >= 0.6 is 0 Å². The summed E-state index contributed by atoms with van der Waals surface area (Å²) in [5, 5.41) is 8.69. The van der Waals surface area contributed by atoms with Gasteiger partial charge in [0, 0.05) is 23.5 Å². The number of methoxy groups -OCH3 is 1. The Hall–Kier alpha value is -2.75. The molecule has 4 heteroatoms. The average molecular weight is 269 g/mol. The number of carboxylic acid groups (broad SMARTS) is 1. The molecule has 0 unspecified atom stereocenters. The second-order valence-corrected chi connectivity index (χ2v) is 4.10. The maximum atomic E-state index is 10.6. The summed E-state index contributed by atoms with van der Waals surface area (Å²) in [7, 11) is 1.62. The molecule has 102 valence electrons. The minimum atomic E-state index is -0.982. The van der Waals surface area contributed by atoms with Gasteiger partial charge in [-0.1, -0.05) is 18.7 Å². The third kappa shape index (κ3) is 2.80. The molecule has 0 atom stereocenters. The van der Waals surface area contributed by atoms with Gasteiger partial charge in [-0.2, -0.15) is 0 Å². The molecule has 0 fully saturated rings. The molecule has 2 aromatic rings. The highest BCUT2D eigenvalue weighted by atomic mass is 16.5. The van der Waals surface area contributed by atoms with Gasteiger partial charge in [0.05, 0.1) is 12.8 Å². The number of nitrogens with zero attached hydrogens (tertiary/aromatic N) is 1. The predicted octanol–water partition coefficient (Wildman–Crippen LogP) is 3.36. The van der Waals surface area contributed by atoms with Crippen LogP contribution in [-0.4, -0.2) is 22.8 Å². The van der Waals surface area contributed by atoms with Crippen LogP contribution in [0.5, 0.6) is 5.75 Å². The fourth-order valence-electron chi connectivity index (χ4n) is 1.98. The van der Waals surface area contributed by atoms with Gasteiger partial charge in [-0.3, -0.25) is 0 Å². The lowest BCUT2D eigenvalue weighted by Crippen LogP contribution is -1.94. The Balaban J connectivity index is 2.47. The van der Waals surface area contributed by atoms with Crippen molar-refractivity contribution in [2.75, 3.05) is 7.11 Å². The standard InChI is InChI=1S/C16H15NO3/c1-3-17-13(8-10-16(18)19)7-9-15(17)12-5-4-6-14(11-12)20-2/h3-11H,1H2,2H3,(H,18,19)/b10-8+. The van der Waals surface area contributed by atoms with Gasteiger partial charge in [-0.25, -0.2) is 4.79 Å². The van der Waals surface area contributed by atoms with Crippen molar-refractivity contribution in [3.63, 3.8) is 0 Å². The highest BCUT2D eigenvalue weighted by molar-refractivity contribution is 5.85. The molecule has 0 amide bonds. The van der Waals surface area contributed by atoms with E-state index in [0.717, 1.165) is 28.8 Å². The van der Waals surface area contributed by atoms with Gasteiger partial charge in [0.15, 0.2) is 0 Å². The Morgan fingerprint density at radius 2 is 2.15 bits per heavy atom. The highest BCUT2D eigenvalue weighted by Crippen LogP contribution is 2.26. The molecular weight excluding hydrogens is 254 g/mol. The number of carboxylic acids is 1. The fourth-order valence-corrected chi connectivity index (χ4v) is 1.98. The van der Waals surface area contributed by atoms with E-state index in [-0.39, 0.29) is 0 Å². The third-order valence-electron chi connectivity index (χ3n) is 2.89. The molecule has 1 N–H and O–H groups in total. The summed E-state index contributed by atoms with van der Waals surface area (Å²) in [5.41, 5.74) is 2.64. The van der Waals surface area contributed by atoms with Gasteiger partial charge in [0.25, 0.3) is 0 Å². The lowest BCUT2D eigenvalue weighted by atomic mass is 10.1. The zero-order valence-corrected chi connectivity index (χ0v) is 11.1. The van der Waals surface area contributed by atoms with Crippen molar-refractivity contribution in [1.29, 1.82) is 0 Å². The number of hydrogen-bond donors (Lipinski definition) is 1. The number of aliphatic carboxylic acids is 1. The van der Waals surface area contributed by atoms with E-state index in [1.807, 2.05) is 41.0 Å². The molecule has 1 heterocycles. The summed E-state index contributed by atoms with van der Waals surface area (Å²) >= 11 is 0. The van der Waals surface area contributed by atoms with E-state index >= 15 is 0 Å². The first-order chi connectivity index (χ1) is 9.65. The van der Waals surface area contributed by atoms with Gasteiger partial charge < -0.3 is 14.4 Å². The van der Waals surface area contributed by atoms with Gasteiger partial charge in [0.2, 0.25) is 0 Å². The molecule has 0 aliphatic carbocycles. The van der Waals surface area contributed by atoms with E-state index in [1.54, 1.807) is 13.3 Å². The Morgan fingerprint density at radius 1 is 1.35 bits per heavy atom. The largest absolute Gasteiger partial charge is 0.497 e. The predicted molar refractivity (Wildman–Crippen MR) is 79.5 cm³/mol. The van der Waals surface area contributed by atoms with Crippen LogP contribution in [-0.2, 0) is 4.79 Å². The van der Waals surface area contributed by atoms with Crippen molar-refractivity contribution in [2.24, 2.45) is 0 Å². The van der Waals surface area contributed by atoms with Gasteiger partial charge in [-0.15, -0.1) is 0 Å². The molecular formula is C16H15NO3. The van der Waals surface area contributed by atoms with Crippen LogP contribution in [0, 0.1) is 0 Å². The van der Waals surface area contributed by atoms with Crippen LogP contribution in [0.4, 0.5) is 0 Å². The Labute approximate surface area is 117 Å². The van der Waals surface area contributed by atoms with Crippen molar-refractivity contribution in [3.8, 4) is 17.0 Å². The molecule has 4 nitrogen and oxygen atoms in total. The number of benzene rings is 1. The van der Waals surface area contributed by atoms with E-state index in [4.69, 9.17) is 9.84 Å². The average Bonchev–Trinajstić information content (AvgIpc) is 2.88. The number of aromatic nitrogens is 1. The summed E-state index contributed by atoms with van der Waals surface area (Å²) in [6.45, 7) is 3.77. The number of ether oxygens (including phenoxy) is 1. The maximum Gasteiger partial charge on any atom is 0.328 e. The van der Waals surface area contributed by atoms with Crippen molar-refractivity contribution >= 4 is 18.2 Å². The van der Waals surface area contributed by atoms with Crippen LogP contribution in [0.25, 0.3) is 23.5 Å². The van der Waals surface area contributed by atoms with Crippen molar-refractivity contribution in [3.05, 3.63) is 54.7 Å². The summed E-state index contributed by atoms with van der Waals surface area (Å²) in [4.78, 5) is 10.6. The molecule has 0 saturated carbocycles. The first-order valence-electron chi connectivity index (χ1n) is 6.05. The molecule has 2 rings (SSSR count).